The second-order valence-electron chi connectivity index (χ2n) is 12.0. The van der Waals surface area contributed by atoms with Gasteiger partial charge in [0.15, 0.2) is 5.82 Å². The molecule has 0 unspecified atom stereocenters. The molecule has 1 amide bonds. The van der Waals surface area contributed by atoms with E-state index in [1.165, 1.54) is 21.8 Å². The van der Waals surface area contributed by atoms with Crippen LogP contribution >= 0.6 is 0 Å². The number of phenols is 2. The van der Waals surface area contributed by atoms with Crippen molar-refractivity contribution in [3.05, 3.63) is 93.4 Å². The maximum atomic E-state index is 12.8. The molecule has 4 aromatic rings. The van der Waals surface area contributed by atoms with Gasteiger partial charge in [-0.05, 0) is 52.3 Å². The Morgan fingerprint density at radius 1 is 0.886 bits per heavy atom. The predicted molar refractivity (Wildman–Crippen MR) is 171 cm³/mol. The van der Waals surface area contributed by atoms with Crippen molar-refractivity contribution in [3.8, 4) is 28.6 Å². The van der Waals surface area contributed by atoms with Gasteiger partial charge in [-0.1, -0.05) is 57.2 Å². The number of piperazine rings is 1. The van der Waals surface area contributed by atoms with Crippen LogP contribution < -0.4 is 11.0 Å². The fraction of sp³-hybridized carbons (Fsp3) is 0.382. The molecule has 1 aliphatic rings. The van der Waals surface area contributed by atoms with Crippen LogP contribution in [0.15, 0.2) is 65.5 Å². The lowest BCUT2D eigenvalue weighted by molar-refractivity contribution is -0.120. The van der Waals surface area contributed by atoms with Gasteiger partial charge in [0.05, 0.1) is 11.3 Å². The quantitative estimate of drug-likeness (QED) is 0.214. The molecule has 0 saturated carbocycles. The minimum Gasteiger partial charge on any atom is -0.508 e. The second-order valence-corrected chi connectivity index (χ2v) is 12.0. The monoisotopic (exact) mass is 598 g/mol. The van der Waals surface area contributed by atoms with Crippen molar-refractivity contribution in [2.75, 3.05) is 33.2 Å². The topological polar surface area (TPSA) is 127 Å². The molecule has 232 valence electrons. The fourth-order valence-electron chi connectivity index (χ4n) is 5.77. The number of carbonyl (C=O) groups excluding carboxylic acids is 1. The molecule has 0 spiro atoms. The minimum atomic E-state index is -0.407. The van der Waals surface area contributed by atoms with E-state index in [0.29, 0.717) is 23.2 Å². The Balaban J connectivity index is 1.18. The first-order valence-electron chi connectivity index (χ1n) is 15.2. The zero-order chi connectivity index (χ0) is 31.4. The number of hydrogen-bond acceptors (Lipinski definition) is 7. The minimum absolute atomic E-state index is 0.00939. The number of amides is 1. The molecule has 44 heavy (non-hydrogen) atoms. The number of nitrogens with one attached hydrogen (secondary N) is 2. The maximum absolute atomic E-state index is 12.8. The Morgan fingerprint density at radius 3 is 2.00 bits per heavy atom. The first-order chi connectivity index (χ1) is 21.1. The van der Waals surface area contributed by atoms with Crippen LogP contribution in [0.5, 0.6) is 11.5 Å². The number of aromatic amines is 1. The Labute approximate surface area is 258 Å². The first-order valence-corrected chi connectivity index (χ1v) is 15.2. The lowest BCUT2D eigenvalue weighted by Gasteiger charge is -2.34. The number of carbonyl (C=O) groups is 1. The molecular formula is C34H42N6O4. The second kappa shape index (κ2) is 13.5. The standard InChI is InChI=1S/C34H42N6O4/c1-22(2)28-18-29(31(42)19-30(28)41)33-36-37-34(44)40(33)27-11-7-25(8-12-27)21-39-15-13-38(14-16-39)20-24-5-9-26(10-6-24)23(3)17-32(43)35-4/h5-12,18-19,22-23,41-42H,13-17,20-21H2,1-4H3,(H,35,43)(H,37,44)/t23-/m1/s1. The van der Waals surface area contributed by atoms with E-state index in [4.69, 9.17) is 0 Å². The Hall–Kier alpha value is -4.41. The highest BCUT2D eigenvalue weighted by atomic mass is 16.3. The molecule has 1 aliphatic heterocycles. The van der Waals surface area contributed by atoms with Gasteiger partial charge in [-0.15, -0.1) is 0 Å². The number of rotatable bonds is 10. The Kier molecular flexibility index (Phi) is 9.51. The zero-order valence-corrected chi connectivity index (χ0v) is 25.9. The van der Waals surface area contributed by atoms with Crippen LogP contribution in [0.4, 0.5) is 0 Å². The van der Waals surface area contributed by atoms with Crippen molar-refractivity contribution >= 4 is 5.91 Å². The van der Waals surface area contributed by atoms with Gasteiger partial charge in [0.2, 0.25) is 5.91 Å². The van der Waals surface area contributed by atoms with E-state index >= 15 is 0 Å². The molecule has 0 bridgehead atoms. The smallest absolute Gasteiger partial charge is 0.348 e. The van der Waals surface area contributed by atoms with Gasteiger partial charge in [0.1, 0.15) is 11.5 Å². The lowest BCUT2D eigenvalue weighted by Crippen LogP contribution is -2.45. The van der Waals surface area contributed by atoms with Crippen LogP contribution in [0.3, 0.4) is 0 Å². The van der Waals surface area contributed by atoms with E-state index < -0.39 is 5.69 Å². The molecule has 1 fully saturated rings. The van der Waals surface area contributed by atoms with Crippen LogP contribution in [-0.4, -0.2) is 73.9 Å². The summed E-state index contributed by atoms with van der Waals surface area (Å²) in [5.74, 6) is 0.422. The van der Waals surface area contributed by atoms with Crippen molar-refractivity contribution in [1.82, 2.24) is 29.9 Å². The maximum Gasteiger partial charge on any atom is 0.348 e. The van der Waals surface area contributed by atoms with Crippen LogP contribution in [0.2, 0.25) is 0 Å². The van der Waals surface area contributed by atoms with E-state index in [-0.39, 0.29) is 35.1 Å². The first kappa shape index (κ1) is 31.0. The summed E-state index contributed by atoms with van der Waals surface area (Å²) in [4.78, 5) is 29.4. The van der Waals surface area contributed by atoms with Crippen LogP contribution in [0.1, 0.15) is 61.3 Å². The molecule has 3 aromatic carbocycles. The van der Waals surface area contributed by atoms with Gasteiger partial charge in [0.25, 0.3) is 0 Å². The van der Waals surface area contributed by atoms with Gasteiger partial charge in [-0.3, -0.25) is 14.6 Å². The van der Waals surface area contributed by atoms with Gasteiger partial charge in [0, 0.05) is 58.8 Å². The highest BCUT2D eigenvalue weighted by Crippen LogP contribution is 2.37. The molecule has 1 saturated heterocycles. The molecule has 1 atom stereocenters. The number of phenolic OH excluding ortho intramolecular Hbond substituents is 2. The summed E-state index contributed by atoms with van der Waals surface area (Å²) in [6, 6.07) is 19.4. The molecule has 1 aromatic heterocycles. The van der Waals surface area contributed by atoms with Crippen molar-refractivity contribution in [1.29, 1.82) is 0 Å². The lowest BCUT2D eigenvalue weighted by atomic mass is 9.96. The number of hydrogen-bond donors (Lipinski definition) is 4. The molecule has 0 radical (unpaired) electrons. The number of benzene rings is 3. The van der Waals surface area contributed by atoms with Gasteiger partial charge < -0.3 is 15.5 Å². The van der Waals surface area contributed by atoms with Crippen LogP contribution in [0.25, 0.3) is 17.1 Å². The summed E-state index contributed by atoms with van der Waals surface area (Å²) in [7, 11) is 1.67. The number of aromatic nitrogens is 3. The molecule has 10 nitrogen and oxygen atoms in total. The van der Waals surface area contributed by atoms with E-state index in [0.717, 1.165) is 44.8 Å². The van der Waals surface area contributed by atoms with Crippen molar-refractivity contribution in [2.45, 2.75) is 52.1 Å². The largest absolute Gasteiger partial charge is 0.508 e. The van der Waals surface area contributed by atoms with Crippen LogP contribution in [-0.2, 0) is 17.9 Å². The molecule has 2 heterocycles. The fourth-order valence-corrected chi connectivity index (χ4v) is 5.77. The molecule has 10 heteroatoms. The van der Waals surface area contributed by atoms with Gasteiger partial charge in [-0.25, -0.2) is 14.5 Å². The highest BCUT2D eigenvalue weighted by Gasteiger charge is 2.21. The van der Waals surface area contributed by atoms with E-state index in [1.807, 2.05) is 38.1 Å². The third-order valence-corrected chi connectivity index (χ3v) is 8.47. The Bertz CT molecular complexity index is 1630. The Morgan fingerprint density at radius 2 is 1.45 bits per heavy atom. The summed E-state index contributed by atoms with van der Waals surface area (Å²) in [6.07, 6.45) is 0.493. The normalized spacial score (nSPS) is 15.0. The zero-order valence-electron chi connectivity index (χ0n) is 25.9. The molecule has 5 rings (SSSR count). The molecular weight excluding hydrogens is 556 g/mol. The number of H-pyrrole nitrogens is 1. The average Bonchev–Trinajstić information content (AvgIpc) is 3.39. The SMILES string of the molecule is CNC(=O)C[C@@H](C)c1ccc(CN2CCN(Cc3ccc(-n4c(-c5cc(C(C)C)c(O)cc5O)n[nH]c4=O)cc3)CC2)cc1. The highest BCUT2D eigenvalue weighted by molar-refractivity contribution is 5.76. The van der Waals surface area contributed by atoms with E-state index in [9.17, 15) is 19.8 Å². The average molecular weight is 599 g/mol. The van der Waals surface area contributed by atoms with E-state index in [1.54, 1.807) is 13.1 Å². The third kappa shape index (κ3) is 7.03. The molecule has 0 aliphatic carbocycles. The van der Waals surface area contributed by atoms with Crippen molar-refractivity contribution < 1.29 is 15.0 Å². The molecule has 4 N–H and O–H groups in total. The van der Waals surface area contributed by atoms with Crippen LogP contribution in [0, 0.1) is 0 Å². The van der Waals surface area contributed by atoms with Crippen molar-refractivity contribution in [3.63, 3.8) is 0 Å². The summed E-state index contributed by atoms with van der Waals surface area (Å²) < 4.78 is 1.44. The summed E-state index contributed by atoms with van der Waals surface area (Å²) in [6.45, 7) is 11.6. The van der Waals surface area contributed by atoms with Gasteiger partial charge in [-0.2, -0.15) is 5.10 Å². The third-order valence-electron chi connectivity index (χ3n) is 8.47. The summed E-state index contributed by atoms with van der Waals surface area (Å²) >= 11 is 0. The number of nitrogens with zero attached hydrogens (tertiary/aromatic N) is 4. The number of aromatic hydroxyl groups is 2. The summed E-state index contributed by atoms with van der Waals surface area (Å²) in [5.41, 5.74) is 4.88. The summed E-state index contributed by atoms with van der Waals surface area (Å²) in [5, 5.41) is 30.2. The predicted octanol–water partition coefficient (Wildman–Crippen LogP) is 4.32. The van der Waals surface area contributed by atoms with Crippen molar-refractivity contribution in [2.24, 2.45) is 0 Å². The van der Waals surface area contributed by atoms with Gasteiger partial charge >= 0.3 is 5.69 Å². The van der Waals surface area contributed by atoms with E-state index in [2.05, 4.69) is 56.5 Å².